The van der Waals surface area contributed by atoms with Crippen LogP contribution < -0.4 is 10.6 Å². The van der Waals surface area contributed by atoms with Gasteiger partial charge in [0.15, 0.2) is 5.96 Å². The molecular formula is C16H28F3IN4O3S. The largest absolute Gasteiger partial charge is 0.511 e. The highest BCUT2D eigenvalue weighted by molar-refractivity contribution is 14.0. The molecule has 2 rings (SSSR count). The molecule has 0 aliphatic carbocycles. The molecule has 0 aromatic carbocycles. The number of hydrogen-bond donors (Lipinski definition) is 2. The van der Waals surface area contributed by atoms with Crippen LogP contribution in [0.5, 0.6) is 0 Å². The second-order valence-electron chi connectivity index (χ2n) is 6.47. The predicted molar refractivity (Wildman–Crippen MR) is 112 cm³/mol. The van der Waals surface area contributed by atoms with Crippen LogP contribution in [-0.2, 0) is 14.8 Å². The third-order valence-corrected chi connectivity index (χ3v) is 6.16. The topological polar surface area (TPSA) is 83.0 Å². The number of sulfonamides is 1. The quantitative estimate of drug-likeness (QED) is 0.234. The number of guanidine groups is 1. The lowest BCUT2D eigenvalue weighted by molar-refractivity contribution is -0.0494. The van der Waals surface area contributed by atoms with Crippen molar-refractivity contribution in [3.8, 4) is 0 Å². The van der Waals surface area contributed by atoms with Gasteiger partial charge >= 0.3 is 15.5 Å². The maximum absolute atomic E-state index is 12.6. The van der Waals surface area contributed by atoms with Crippen LogP contribution >= 0.6 is 24.0 Å². The van der Waals surface area contributed by atoms with Crippen LogP contribution in [0.25, 0.3) is 0 Å². The summed E-state index contributed by atoms with van der Waals surface area (Å²) in [6, 6.07) is -0.121. The summed E-state index contributed by atoms with van der Waals surface area (Å²) in [6.07, 6.45) is 4.40. The average molecular weight is 540 g/mol. The molecule has 1 fully saturated rings. The fourth-order valence-corrected chi connectivity index (χ4v) is 3.99. The van der Waals surface area contributed by atoms with Crippen molar-refractivity contribution in [3.05, 3.63) is 11.6 Å². The number of nitrogens with one attached hydrogen (secondary N) is 2. The number of halogens is 4. The van der Waals surface area contributed by atoms with Gasteiger partial charge in [0.25, 0.3) is 0 Å². The molecule has 0 aromatic rings. The molecule has 0 amide bonds. The van der Waals surface area contributed by atoms with E-state index >= 15 is 0 Å². The molecule has 0 aromatic heterocycles. The van der Waals surface area contributed by atoms with E-state index in [4.69, 9.17) is 4.74 Å². The maximum Gasteiger partial charge on any atom is 0.511 e. The zero-order chi connectivity index (χ0) is 19.9. The van der Waals surface area contributed by atoms with E-state index < -0.39 is 15.5 Å². The maximum atomic E-state index is 12.6. The molecule has 164 valence electrons. The molecule has 2 heterocycles. The molecule has 2 aliphatic heterocycles. The number of alkyl halides is 3. The molecule has 0 saturated carbocycles. The standard InChI is InChI=1S/C16H27F3N4O3S.HI/c1-2-20-15(21-8-3-13-6-11-26-12-7-13)22-14-4-9-23(10-5-14)27(24,25)16(17,18)19;/h6,14H,2-5,7-12H2,1H3,(H2,20,21,22);1H. The lowest BCUT2D eigenvalue weighted by Crippen LogP contribution is -2.51. The summed E-state index contributed by atoms with van der Waals surface area (Å²) in [7, 11) is -5.24. The molecule has 2 aliphatic rings. The van der Waals surface area contributed by atoms with Gasteiger partial charge in [-0.15, -0.1) is 24.0 Å². The average Bonchev–Trinajstić information content (AvgIpc) is 2.62. The number of nitrogens with zero attached hydrogens (tertiary/aromatic N) is 2. The summed E-state index contributed by atoms with van der Waals surface area (Å²) in [5, 5.41) is 6.31. The number of ether oxygens (including phenoxy) is 1. The molecule has 0 unspecified atom stereocenters. The fourth-order valence-electron chi connectivity index (χ4n) is 3.00. The van der Waals surface area contributed by atoms with E-state index in [9.17, 15) is 21.6 Å². The van der Waals surface area contributed by atoms with Crippen molar-refractivity contribution in [1.29, 1.82) is 0 Å². The minimum Gasteiger partial charge on any atom is -0.377 e. The van der Waals surface area contributed by atoms with E-state index in [0.717, 1.165) is 19.4 Å². The first kappa shape index (κ1) is 25.4. The normalized spacial score (nSPS) is 20.3. The van der Waals surface area contributed by atoms with Crippen molar-refractivity contribution in [2.24, 2.45) is 4.99 Å². The Morgan fingerprint density at radius 3 is 2.57 bits per heavy atom. The Balaban J connectivity index is 0.00000392. The Morgan fingerprint density at radius 1 is 1.36 bits per heavy atom. The zero-order valence-corrected chi connectivity index (χ0v) is 18.9. The van der Waals surface area contributed by atoms with Crippen molar-refractivity contribution >= 4 is 40.0 Å². The Hall–Kier alpha value is -0.600. The molecule has 28 heavy (non-hydrogen) atoms. The molecule has 12 heteroatoms. The van der Waals surface area contributed by atoms with E-state index in [2.05, 4.69) is 21.7 Å². The van der Waals surface area contributed by atoms with Gasteiger partial charge in [0.2, 0.25) is 0 Å². The van der Waals surface area contributed by atoms with Gasteiger partial charge in [-0.3, -0.25) is 4.99 Å². The zero-order valence-electron chi connectivity index (χ0n) is 15.8. The predicted octanol–water partition coefficient (Wildman–Crippen LogP) is 2.21. The molecule has 2 N–H and O–H groups in total. The minimum absolute atomic E-state index is 0. The molecule has 0 bridgehead atoms. The third kappa shape index (κ3) is 7.34. The van der Waals surface area contributed by atoms with Crippen molar-refractivity contribution in [2.45, 2.75) is 44.2 Å². The first-order valence-corrected chi connectivity index (χ1v) is 10.5. The van der Waals surface area contributed by atoms with Crippen LogP contribution in [0, 0.1) is 0 Å². The Bertz CT molecular complexity index is 648. The van der Waals surface area contributed by atoms with Gasteiger partial charge in [-0.1, -0.05) is 11.6 Å². The summed E-state index contributed by atoms with van der Waals surface area (Å²) < 4.78 is 66.6. The highest BCUT2D eigenvalue weighted by atomic mass is 127. The fraction of sp³-hybridized carbons (Fsp3) is 0.812. The van der Waals surface area contributed by atoms with Crippen LogP contribution in [-0.4, -0.2) is 69.6 Å². The van der Waals surface area contributed by atoms with Gasteiger partial charge in [0.1, 0.15) is 0 Å². The lowest BCUT2D eigenvalue weighted by atomic mass is 10.1. The number of aliphatic imine (C=N–C) groups is 1. The Labute approximate surface area is 181 Å². The smallest absolute Gasteiger partial charge is 0.377 e. The van der Waals surface area contributed by atoms with Gasteiger partial charge in [0, 0.05) is 32.2 Å². The van der Waals surface area contributed by atoms with Crippen LogP contribution in [0.1, 0.15) is 32.6 Å². The molecular weight excluding hydrogens is 512 g/mol. The number of hydrogen-bond acceptors (Lipinski definition) is 4. The minimum atomic E-state index is -5.25. The van der Waals surface area contributed by atoms with Crippen LogP contribution in [0.3, 0.4) is 0 Å². The summed E-state index contributed by atoms with van der Waals surface area (Å²) in [5.41, 5.74) is -3.94. The van der Waals surface area contributed by atoms with E-state index in [-0.39, 0.29) is 43.1 Å². The Morgan fingerprint density at radius 2 is 2.04 bits per heavy atom. The summed E-state index contributed by atoms with van der Waals surface area (Å²) in [4.78, 5) is 4.51. The van der Waals surface area contributed by atoms with Crippen LogP contribution in [0.2, 0.25) is 0 Å². The van der Waals surface area contributed by atoms with Crippen molar-refractivity contribution in [1.82, 2.24) is 14.9 Å². The second-order valence-corrected chi connectivity index (χ2v) is 8.40. The number of piperidine rings is 1. The molecule has 0 atom stereocenters. The van der Waals surface area contributed by atoms with Gasteiger partial charge in [0.05, 0.1) is 13.2 Å². The number of rotatable bonds is 6. The SMILES string of the molecule is CCNC(=NCCC1=CCOCC1)NC1CCN(S(=O)(=O)C(F)(F)F)CC1.I. The second kappa shape index (κ2) is 11.6. The molecule has 0 radical (unpaired) electrons. The third-order valence-electron chi connectivity index (χ3n) is 4.53. The van der Waals surface area contributed by atoms with Crippen molar-refractivity contribution in [3.63, 3.8) is 0 Å². The first-order valence-electron chi connectivity index (χ1n) is 9.11. The van der Waals surface area contributed by atoms with Crippen LogP contribution in [0.15, 0.2) is 16.6 Å². The van der Waals surface area contributed by atoms with Crippen molar-refractivity contribution in [2.75, 3.05) is 39.4 Å². The van der Waals surface area contributed by atoms with Crippen molar-refractivity contribution < 1.29 is 26.3 Å². The summed E-state index contributed by atoms with van der Waals surface area (Å²) in [6.45, 7) is 4.23. The molecule has 0 spiro atoms. The van der Waals surface area contributed by atoms with Gasteiger partial charge in [-0.25, -0.2) is 8.42 Å². The summed E-state index contributed by atoms with van der Waals surface area (Å²) >= 11 is 0. The van der Waals surface area contributed by atoms with E-state index in [1.54, 1.807) is 0 Å². The van der Waals surface area contributed by atoms with Gasteiger partial charge in [-0.2, -0.15) is 17.5 Å². The molecule has 7 nitrogen and oxygen atoms in total. The monoisotopic (exact) mass is 540 g/mol. The van der Waals surface area contributed by atoms with E-state index in [1.165, 1.54) is 5.57 Å². The Kier molecular flexibility index (Phi) is 10.5. The van der Waals surface area contributed by atoms with Crippen LogP contribution in [0.4, 0.5) is 13.2 Å². The van der Waals surface area contributed by atoms with Gasteiger partial charge < -0.3 is 15.4 Å². The van der Waals surface area contributed by atoms with Gasteiger partial charge in [-0.05, 0) is 32.6 Å². The molecule has 1 saturated heterocycles. The van der Waals surface area contributed by atoms with E-state index in [1.807, 2.05) is 6.92 Å². The lowest BCUT2D eigenvalue weighted by Gasteiger charge is -2.32. The first-order chi connectivity index (χ1) is 12.7. The summed E-state index contributed by atoms with van der Waals surface area (Å²) in [5.74, 6) is 0.599. The highest BCUT2D eigenvalue weighted by Gasteiger charge is 2.50. The van der Waals surface area contributed by atoms with E-state index in [0.29, 0.717) is 42.8 Å². The highest BCUT2D eigenvalue weighted by Crippen LogP contribution is 2.28.